The lowest BCUT2D eigenvalue weighted by Gasteiger charge is -2.26. The van der Waals surface area contributed by atoms with Gasteiger partial charge in [-0.15, -0.1) is 0 Å². The van der Waals surface area contributed by atoms with Gasteiger partial charge in [0.1, 0.15) is 5.75 Å². The average Bonchev–Trinajstić information content (AvgIpc) is 3.07. The van der Waals surface area contributed by atoms with Crippen LogP contribution in [0.4, 0.5) is 0 Å². The van der Waals surface area contributed by atoms with Crippen molar-refractivity contribution in [3.63, 3.8) is 0 Å². The number of nitrogens with one attached hydrogen (secondary N) is 1. The molecule has 2 aromatic carbocycles. The predicted octanol–water partition coefficient (Wildman–Crippen LogP) is 3.10. The third-order valence-corrected chi connectivity index (χ3v) is 5.30. The quantitative estimate of drug-likeness (QED) is 0.448. The zero-order valence-electron chi connectivity index (χ0n) is 18.5. The van der Waals surface area contributed by atoms with Crippen LogP contribution in [-0.2, 0) is 4.79 Å². The van der Waals surface area contributed by atoms with E-state index in [0.29, 0.717) is 17.0 Å². The van der Waals surface area contributed by atoms with Crippen molar-refractivity contribution < 1.29 is 14.3 Å². The van der Waals surface area contributed by atoms with E-state index >= 15 is 0 Å². The van der Waals surface area contributed by atoms with Crippen LogP contribution in [0.25, 0.3) is 5.69 Å². The number of ether oxygens (including phenoxy) is 1. The van der Waals surface area contributed by atoms with Crippen LogP contribution >= 0.6 is 0 Å². The van der Waals surface area contributed by atoms with Crippen LogP contribution in [0, 0.1) is 13.8 Å². The minimum absolute atomic E-state index is 0.151. The fraction of sp³-hybridized carbons (Fsp3) is 0.292. The molecule has 1 amide bonds. The molecule has 3 aromatic rings. The summed E-state index contributed by atoms with van der Waals surface area (Å²) in [6.45, 7) is 3.80. The summed E-state index contributed by atoms with van der Waals surface area (Å²) in [5, 5.41) is 7.26. The number of aromatic nitrogens is 2. The molecule has 0 aliphatic heterocycles. The third kappa shape index (κ3) is 4.67. The van der Waals surface area contributed by atoms with Gasteiger partial charge in [0.25, 0.3) is 11.7 Å². The first-order valence-electron chi connectivity index (χ1n) is 10.1. The van der Waals surface area contributed by atoms with Crippen LogP contribution in [0.3, 0.4) is 0 Å². The Hall–Kier alpha value is -3.45. The number of nitrogens with zero attached hydrogens (tertiary/aromatic N) is 3. The zero-order valence-corrected chi connectivity index (χ0v) is 18.5. The minimum Gasteiger partial charge on any atom is -0.496 e. The number of amides is 1. The summed E-state index contributed by atoms with van der Waals surface area (Å²) in [5.74, 6) is -0.507. The normalized spacial score (nSPS) is 11.9. The van der Waals surface area contributed by atoms with Crippen molar-refractivity contribution in [2.75, 3.05) is 27.7 Å². The molecule has 31 heavy (non-hydrogen) atoms. The molecule has 0 radical (unpaired) electrons. The number of carbonyl (C=O) groups excluding carboxylic acids is 2. The van der Waals surface area contributed by atoms with Gasteiger partial charge in [0, 0.05) is 12.1 Å². The molecule has 7 heteroatoms. The van der Waals surface area contributed by atoms with Crippen molar-refractivity contribution in [3.05, 3.63) is 77.1 Å². The van der Waals surface area contributed by atoms with E-state index in [-0.39, 0.29) is 12.6 Å². The number of Topliss-reactive ketones (excluding diaryl/α,β-unsaturated/α-hetero) is 1. The first-order chi connectivity index (χ1) is 14.8. The van der Waals surface area contributed by atoms with E-state index in [1.807, 2.05) is 73.6 Å². The molecule has 0 aliphatic carbocycles. The number of carbonyl (C=O) groups is 2. The van der Waals surface area contributed by atoms with E-state index in [9.17, 15) is 9.59 Å². The number of likely N-dealkylation sites (N-methyl/N-ethyl adjacent to an activating group) is 1. The molecule has 0 fully saturated rings. The predicted molar refractivity (Wildman–Crippen MR) is 120 cm³/mol. The number of hydrogen-bond donors (Lipinski definition) is 1. The largest absolute Gasteiger partial charge is 0.496 e. The van der Waals surface area contributed by atoms with Crippen molar-refractivity contribution in [2.24, 2.45) is 0 Å². The van der Waals surface area contributed by atoms with Crippen LogP contribution in [-0.4, -0.2) is 54.1 Å². The molecule has 162 valence electrons. The maximum Gasteiger partial charge on any atom is 0.292 e. The summed E-state index contributed by atoms with van der Waals surface area (Å²) in [4.78, 5) is 27.7. The fourth-order valence-corrected chi connectivity index (χ4v) is 3.69. The van der Waals surface area contributed by atoms with Gasteiger partial charge in [0.15, 0.2) is 0 Å². The van der Waals surface area contributed by atoms with Crippen molar-refractivity contribution >= 4 is 11.7 Å². The highest BCUT2D eigenvalue weighted by Gasteiger charge is 2.26. The van der Waals surface area contributed by atoms with Crippen LogP contribution in [0.1, 0.15) is 33.4 Å². The van der Waals surface area contributed by atoms with Gasteiger partial charge in [-0.3, -0.25) is 9.59 Å². The lowest BCUT2D eigenvalue weighted by molar-refractivity contribution is -0.117. The van der Waals surface area contributed by atoms with Gasteiger partial charge in [0.05, 0.1) is 35.8 Å². The van der Waals surface area contributed by atoms with Crippen molar-refractivity contribution in [3.8, 4) is 11.4 Å². The van der Waals surface area contributed by atoms with Gasteiger partial charge in [0.2, 0.25) is 0 Å². The zero-order chi connectivity index (χ0) is 22.5. The number of methoxy groups -OCH3 is 1. The summed E-state index contributed by atoms with van der Waals surface area (Å²) < 4.78 is 7.15. The Labute approximate surface area is 182 Å². The maximum atomic E-state index is 13.0. The second-order valence-corrected chi connectivity index (χ2v) is 7.55. The minimum atomic E-state index is -0.652. The number of rotatable bonds is 8. The topological polar surface area (TPSA) is 76.5 Å². The molecule has 0 spiro atoms. The molecular formula is C24H28N4O3. The standard InChI is InChI=1S/C24H28N4O3/c1-16-22(17(2)28(26-16)18-11-7-6-8-12-18)23(29)24(30)25-15-20(27(3)4)19-13-9-10-14-21(19)31-5/h6-14,20H,15H2,1-5H3,(H,25,30). The Morgan fingerprint density at radius 1 is 1.06 bits per heavy atom. The lowest BCUT2D eigenvalue weighted by Crippen LogP contribution is -2.38. The van der Waals surface area contributed by atoms with Gasteiger partial charge >= 0.3 is 0 Å². The second-order valence-electron chi connectivity index (χ2n) is 7.55. The number of ketones is 1. The van der Waals surface area contributed by atoms with E-state index < -0.39 is 11.7 Å². The molecule has 0 saturated heterocycles. The van der Waals surface area contributed by atoms with Gasteiger partial charge in [-0.05, 0) is 46.1 Å². The van der Waals surface area contributed by atoms with Crippen molar-refractivity contribution in [1.82, 2.24) is 20.0 Å². The van der Waals surface area contributed by atoms with Gasteiger partial charge in [-0.1, -0.05) is 36.4 Å². The van der Waals surface area contributed by atoms with Gasteiger partial charge in [-0.2, -0.15) is 5.10 Å². The number of benzene rings is 2. The number of hydrogen-bond acceptors (Lipinski definition) is 5. The van der Waals surface area contributed by atoms with Gasteiger partial charge in [-0.25, -0.2) is 4.68 Å². The Kier molecular flexibility index (Phi) is 6.87. The van der Waals surface area contributed by atoms with E-state index in [2.05, 4.69) is 10.4 Å². The average molecular weight is 421 g/mol. The summed E-state index contributed by atoms with van der Waals surface area (Å²) >= 11 is 0. The molecule has 0 saturated carbocycles. The Morgan fingerprint density at radius 3 is 2.35 bits per heavy atom. The van der Waals surface area contributed by atoms with Crippen LogP contribution in [0.2, 0.25) is 0 Å². The lowest BCUT2D eigenvalue weighted by atomic mass is 10.0. The summed E-state index contributed by atoms with van der Waals surface area (Å²) in [6.07, 6.45) is 0. The molecular weight excluding hydrogens is 392 g/mol. The first-order valence-corrected chi connectivity index (χ1v) is 10.1. The third-order valence-electron chi connectivity index (χ3n) is 5.30. The van der Waals surface area contributed by atoms with E-state index in [1.54, 1.807) is 25.6 Å². The molecule has 1 N–H and O–H groups in total. The summed E-state index contributed by atoms with van der Waals surface area (Å²) in [5.41, 5.74) is 3.27. The van der Waals surface area contributed by atoms with Crippen LogP contribution < -0.4 is 10.1 Å². The highest BCUT2D eigenvalue weighted by Crippen LogP contribution is 2.27. The number of aryl methyl sites for hydroxylation is 1. The molecule has 1 heterocycles. The molecule has 1 aromatic heterocycles. The Balaban J connectivity index is 1.79. The fourth-order valence-electron chi connectivity index (χ4n) is 3.69. The van der Waals surface area contributed by atoms with E-state index in [0.717, 1.165) is 17.0 Å². The van der Waals surface area contributed by atoms with Gasteiger partial charge < -0.3 is 15.0 Å². The Morgan fingerprint density at radius 2 is 1.71 bits per heavy atom. The van der Waals surface area contributed by atoms with Crippen LogP contribution in [0.5, 0.6) is 5.75 Å². The first kappa shape index (κ1) is 22.2. The smallest absolute Gasteiger partial charge is 0.292 e. The summed E-state index contributed by atoms with van der Waals surface area (Å²) in [6, 6.07) is 17.0. The SMILES string of the molecule is COc1ccccc1C(CNC(=O)C(=O)c1c(C)nn(-c2ccccc2)c1C)N(C)C. The highest BCUT2D eigenvalue weighted by atomic mass is 16.5. The molecule has 0 aliphatic rings. The molecule has 0 bridgehead atoms. The van der Waals surface area contributed by atoms with E-state index in [4.69, 9.17) is 4.74 Å². The van der Waals surface area contributed by atoms with Crippen LogP contribution in [0.15, 0.2) is 54.6 Å². The molecule has 3 rings (SSSR count). The van der Waals surface area contributed by atoms with Crippen molar-refractivity contribution in [2.45, 2.75) is 19.9 Å². The van der Waals surface area contributed by atoms with Crippen molar-refractivity contribution in [1.29, 1.82) is 0 Å². The number of para-hydroxylation sites is 2. The molecule has 1 atom stereocenters. The Bertz CT molecular complexity index is 1070. The molecule has 1 unspecified atom stereocenters. The highest BCUT2D eigenvalue weighted by molar-refractivity contribution is 6.43. The summed E-state index contributed by atoms with van der Waals surface area (Å²) in [7, 11) is 5.45. The molecule has 7 nitrogen and oxygen atoms in total. The van der Waals surface area contributed by atoms with E-state index in [1.165, 1.54) is 0 Å². The monoisotopic (exact) mass is 420 g/mol. The maximum absolute atomic E-state index is 13.0. The second kappa shape index (κ2) is 9.57.